The number of ether oxygens (including phenoxy) is 1. The van der Waals surface area contributed by atoms with Crippen LogP contribution < -0.4 is 10.3 Å². The highest BCUT2D eigenvalue weighted by atomic mass is 16.5. The van der Waals surface area contributed by atoms with E-state index in [0.717, 1.165) is 16.9 Å². The van der Waals surface area contributed by atoms with Gasteiger partial charge < -0.3 is 4.74 Å². The predicted octanol–water partition coefficient (Wildman–Crippen LogP) is 3.52. The zero-order chi connectivity index (χ0) is 15.7. The molecule has 112 valence electrons. The maximum absolute atomic E-state index is 12.7. The first-order valence-corrected chi connectivity index (χ1v) is 7.27. The second-order valence-corrected chi connectivity index (χ2v) is 5.49. The van der Waals surface area contributed by atoms with Gasteiger partial charge in [0.25, 0.3) is 5.56 Å². The Morgan fingerprint density at radius 3 is 2.59 bits per heavy atom. The number of aromatic nitrogens is 2. The number of pyridine rings is 2. The molecule has 22 heavy (non-hydrogen) atoms. The largest absolute Gasteiger partial charge is 0.495 e. The molecule has 3 aromatic rings. The third kappa shape index (κ3) is 2.37. The Kier molecular flexibility index (Phi) is 3.67. The van der Waals surface area contributed by atoms with Crippen LogP contribution in [0.3, 0.4) is 0 Å². The van der Waals surface area contributed by atoms with Crippen LogP contribution in [-0.2, 0) is 0 Å². The standard InChI is InChI=1S/C18H18N2O2/c1-12(2)14-9-8-13-15(19-14)10-11-20(18(13)21)16-6-4-5-7-17(16)22-3/h4-12H,1-3H3. The maximum atomic E-state index is 12.7. The van der Waals surface area contributed by atoms with Crippen molar-refractivity contribution in [2.75, 3.05) is 7.11 Å². The fourth-order valence-electron chi connectivity index (χ4n) is 2.48. The van der Waals surface area contributed by atoms with Crippen LogP contribution >= 0.6 is 0 Å². The van der Waals surface area contributed by atoms with E-state index in [1.165, 1.54) is 0 Å². The van der Waals surface area contributed by atoms with Crippen molar-refractivity contribution >= 4 is 10.9 Å². The van der Waals surface area contributed by atoms with Gasteiger partial charge in [0, 0.05) is 11.9 Å². The fourth-order valence-corrected chi connectivity index (χ4v) is 2.48. The van der Waals surface area contributed by atoms with Crippen molar-refractivity contribution in [2.45, 2.75) is 19.8 Å². The fraction of sp³-hybridized carbons (Fsp3) is 0.222. The lowest BCUT2D eigenvalue weighted by molar-refractivity contribution is 0.412. The summed E-state index contributed by atoms with van der Waals surface area (Å²) >= 11 is 0. The molecule has 0 N–H and O–H groups in total. The number of para-hydroxylation sites is 2. The quantitative estimate of drug-likeness (QED) is 0.742. The molecule has 0 saturated heterocycles. The molecule has 2 heterocycles. The summed E-state index contributed by atoms with van der Waals surface area (Å²) in [5.41, 5.74) is 2.35. The zero-order valence-corrected chi connectivity index (χ0v) is 12.9. The minimum atomic E-state index is -0.0928. The lowest BCUT2D eigenvalue weighted by Crippen LogP contribution is -2.18. The molecule has 2 aromatic heterocycles. The molecule has 0 aliphatic carbocycles. The van der Waals surface area contributed by atoms with Crippen LogP contribution in [-0.4, -0.2) is 16.7 Å². The summed E-state index contributed by atoms with van der Waals surface area (Å²) in [6, 6.07) is 13.1. The minimum absolute atomic E-state index is 0.0928. The molecule has 0 bridgehead atoms. The summed E-state index contributed by atoms with van der Waals surface area (Å²) in [7, 11) is 1.60. The first kappa shape index (κ1) is 14.3. The summed E-state index contributed by atoms with van der Waals surface area (Å²) in [6.45, 7) is 4.18. The highest BCUT2D eigenvalue weighted by Gasteiger charge is 2.10. The third-order valence-electron chi connectivity index (χ3n) is 3.71. The van der Waals surface area contributed by atoms with Crippen molar-refractivity contribution in [1.29, 1.82) is 0 Å². The van der Waals surface area contributed by atoms with Crippen LogP contribution in [0.15, 0.2) is 53.5 Å². The number of benzene rings is 1. The monoisotopic (exact) mass is 294 g/mol. The van der Waals surface area contributed by atoms with Gasteiger partial charge in [-0.05, 0) is 36.2 Å². The van der Waals surface area contributed by atoms with E-state index in [4.69, 9.17) is 4.74 Å². The smallest absolute Gasteiger partial charge is 0.264 e. The summed E-state index contributed by atoms with van der Waals surface area (Å²) in [4.78, 5) is 17.3. The topological polar surface area (TPSA) is 44.1 Å². The van der Waals surface area contributed by atoms with Crippen molar-refractivity contribution in [3.05, 3.63) is 64.7 Å². The average molecular weight is 294 g/mol. The predicted molar refractivity (Wildman–Crippen MR) is 88.0 cm³/mol. The van der Waals surface area contributed by atoms with Gasteiger partial charge in [0.15, 0.2) is 0 Å². The van der Waals surface area contributed by atoms with E-state index in [-0.39, 0.29) is 5.56 Å². The number of fused-ring (bicyclic) bond motifs is 1. The van der Waals surface area contributed by atoms with Crippen LogP contribution in [0, 0.1) is 0 Å². The van der Waals surface area contributed by atoms with E-state index in [1.54, 1.807) is 17.9 Å². The van der Waals surface area contributed by atoms with Crippen LogP contribution in [0.25, 0.3) is 16.6 Å². The Labute approximate surface area is 129 Å². The number of rotatable bonds is 3. The molecule has 0 spiro atoms. The van der Waals surface area contributed by atoms with Gasteiger partial charge >= 0.3 is 0 Å². The lowest BCUT2D eigenvalue weighted by Gasteiger charge is -2.12. The molecular formula is C18H18N2O2. The number of methoxy groups -OCH3 is 1. The van der Waals surface area contributed by atoms with E-state index in [1.807, 2.05) is 42.5 Å². The first-order valence-electron chi connectivity index (χ1n) is 7.27. The van der Waals surface area contributed by atoms with Crippen molar-refractivity contribution in [3.63, 3.8) is 0 Å². The first-order chi connectivity index (χ1) is 10.6. The molecular weight excluding hydrogens is 276 g/mol. The van der Waals surface area contributed by atoms with Crippen LogP contribution in [0.4, 0.5) is 0 Å². The van der Waals surface area contributed by atoms with E-state index < -0.39 is 0 Å². The highest BCUT2D eigenvalue weighted by Crippen LogP contribution is 2.22. The minimum Gasteiger partial charge on any atom is -0.495 e. The zero-order valence-electron chi connectivity index (χ0n) is 12.9. The Balaban J connectivity index is 2.23. The Morgan fingerprint density at radius 1 is 1.09 bits per heavy atom. The summed E-state index contributed by atoms with van der Waals surface area (Å²) < 4.78 is 6.94. The van der Waals surface area contributed by atoms with Gasteiger partial charge in [-0.3, -0.25) is 14.3 Å². The summed E-state index contributed by atoms with van der Waals surface area (Å²) in [6.07, 6.45) is 1.75. The van der Waals surface area contributed by atoms with Crippen molar-refractivity contribution < 1.29 is 4.74 Å². The van der Waals surface area contributed by atoms with Crippen molar-refractivity contribution in [3.8, 4) is 11.4 Å². The van der Waals surface area contributed by atoms with Gasteiger partial charge in [-0.25, -0.2) is 0 Å². The Hall–Kier alpha value is -2.62. The molecule has 4 nitrogen and oxygen atoms in total. The average Bonchev–Trinajstić information content (AvgIpc) is 2.55. The molecule has 3 rings (SSSR count). The number of nitrogens with zero attached hydrogens (tertiary/aromatic N) is 2. The SMILES string of the molecule is COc1ccccc1-n1ccc2nc(C(C)C)ccc2c1=O. The van der Waals surface area contributed by atoms with Crippen molar-refractivity contribution in [2.24, 2.45) is 0 Å². The molecule has 0 aliphatic heterocycles. The Morgan fingerprint density at radius 2 is 1.86 bits per heavy atom. The van der Waals surface area contributed by atoms with Gasteiger partial charge in [0.05, 0.1) is 23.7 Å². The van der Waals surface area contributed by atoms with Crippen molar-refractivity contribution in [1.82, 2.24) is 9.55 Å². The van der Waals surface area contributed by atoms with Gasteiger partial charge in [0.2, 0.25) is 0 Å². The van der Waals surface area contributed by atoms with Gasteiger partial charge in [-0.15, -0.1) is 0 Å². The van der Waals surface area contributed by atoms with E-state index in [2.05, 4.69) is 18.8 Å². The molecule has 4 heteroatoms. The normalized spacial score (nSPS) is 11.1. The highest BCUT2D eigenvalue weighted by molar-refractivity contribution is 5.78. The van der Waals surface area contributed by atoms with E-state index in [9.17, 15) is 4.79 Å². The van der Waals surface area contributed by atoms with Crippen LogP contribution in [0.2, 0.25) is 0 Å². The number of hydrogen-bond acceptors (Lipinski definition) is 3. The molecule has 1 aromatic carbocycles. The summed E-state index contributed by atoms with van der Waals surface area (Å²) in [5.74, 6) is 0.997. The molecule has 0 amide bonds. The van der Waals surface area contributed by atoms with Gasteiger partial charge in [0.1, 0.15) is 5.75 Å². The molecule has 0 atom stereocenters. The molecule has 0 radical (unpaired) electrons. The molecule has 0 aliphatic rings. The molecule has 0 saturated carbocycles. The third-order valence-corrected chi connectivity index (χ3v) is 3.71. The second kappa shape index (κ2) is 5.64. The Bertz CT molecular complexity index is 882. The lowest BCUT2D eigenvalue weighted by atomic mass is 10.1. The van der Waals surface area contributed by atoms with Gasteiger partial charge in [-0.2, -0.15) is 0 Å². The maximum Gasteiger partial charge on any atom is 0.264 e. The van der Waals surface area contributed by atoms with E-state index in [0.29, 0.717) is 17.1 Å². The molecule has 0 fully saturated rings. The number of hydrogen-bond donors (Lipinski definition) is 0. The van der Waals surface area contributed by atoms with Crippen LogP contribution in [0.1, 0.15) is 25.5 Å². The second-order valence-electron chi connectivity index (χ2n) is 5.49. The van der Waals surface area contributed by atoms with Crippen LogP contribution in [0.5, 0.6) is 5.75 Å². The van der Waals surface area contributed by atoms with Gasteiger partial charge in [-0.1, -0.05) is 26.0 Å². The summed E-state index contributed by atoms with van der Waals surface area (Å²) in [5, 5.41) is 0.609. The van der Waals surface area contributed by atoms with E-state index >= 15 is 0 Å². The molecule has 0 unspecified atom stereocenters.